The molecule has 0 atom stereocenters. The van der Waals surface area contributed by atoms with Gasteiger partial charge >= 0.3 is 6.01 Å². The van der Waals surface area contributed by atoms with E-state index in [1.54, 1.807) is 0 Å². The molecule has 102 valence electrons. The van der Waals surface area contributed by atoms with Gasteiger partial charge in [-0.05, 0) is 25.4 Å². The van der Waals surface area contributed by atoms with Crippen LogP contribution in [0.15, 0.2) is 5.16 Å². The van der Waals surface area contributed by atoms with Crippen LogP contribution in [0.2, 0.25) is 5.28 Å². The van der Waals surface area contributed by atoms with E-state index < -0.39 is 9.84 Å². The lowest BCUT2D eigenvalue weighted by Gasteiger charge is -2.08. The van der Waals surface area contributed by atoms with Crippen molar-refractivity contribution in [2.45, 2.75) is 25.1 Å². The summed E-state index contributed by atoms with van der Waals surface area (Å²) in [6.45, 7) is 3.68. The van der Waals surface area contributed by atoms with Crippen molar-refractivity contribution < 1.29 is 13.2 Å². The Kier molecular flexibility index (Phi) is 5.61. The van der Waals surface area contributed by atoms with Gasteiger partial charge in [0.1, 0.15) is 9.84 Å². The van der Waals surface area contributed by atoms with Gasteiger partial charge in [0.25, 0.3) is 0 Å². The van der Waals surface area contributed by atoms with Gasteiger partial charge in [-0.25, -0.2) is 8.42 Å². The van der Waals surface area contributed by atoms with E-state index in [9.17, 15) is 8.42 Å². The van der Waals surface area contributed by atoms with E-state index in [-0.39, 0.29) is 23.2 Å². The predicted octanol–water partition coefficient (Wildman–Crippen LogP) is 1.45. The van der Waals surface area contributed by atoms with E-state index in [0.717, 1.165) is 0 Å². The molecule has 0 bridgehead atoms. The van der Waals surface area contributed by atoms with E-state index in [1.807, 2.05) is 13.8 Å². The summed E-state index contributed by atoms with van der Waals surface area (Å²) >= 11 is 6.93. The molecule has 0 aliphatic heterocycles. The second-order valence-corrected chi connectivity index (χ2v) is 7.47. The molecule has 1 aromatic heterocycles. The van der Waals surface area contributed by atoms with Crippen molar-refractivity contribution in [3.05, 3.63) is 5.28 Å². The van der Waals surface area contributed by atoms with E-state index in [1.165, 1.54) is 18.0 Å². The van der Waals surface area contributed by atoms with Crippen LogP contribution in [0.25, 0.3) is 0 Å². The summed E-state index contributed by atoms with van der Waals surface area (Å²) in [6.07, 6.45) is 1.11. The first-order valence-corrected chi connectivity index (χ1v) is 8.57. The largest absolute Gasteiger partial charge is 0.461 e. The molecule has 0 saturated carbocycles. The summed E-state index contributed by atoms with van der Waals surface area (Å²) in [6, 6.07) is 0.145. The SMILES string of the molecule is CC(C)Oc1nc(Cl)nc(SCCS(C)(=O)=O)n1. The first-order valence-electron chi connectivity index (χ1n) is 5.15. The molecule has 1 aromatic rings. The van der Waals surface area contributed by atoms with E-state index in [0.29, 0.717) is 10.9 Å². The molecule has 0 unspecified atom stereocenters. The zero-order valence-corrected chi connectivity index (χ0v) is 12.6. The van der Waals surface area contributed by atoms with Gasteiger partial charge in [-0.3, -0.25) is 0 Å². The van der Waals surface area contributed by atoms with Crippen molar-refractivity contribution in [3.63, 3.8) is 0 Å². The number of aromatic nitrogens is 3. The van der Waals surface area contributed by atoms with Gasteiger partial charge in [-0.15, -0.1) is 0 Å². The van der Waals surface area contributed by atoms with Gasteiger partial charge < -0.3 is 4.74 Å². The Balaban J connectivity index is 2.68. The van der Waals surface area contributed by atoms with Gasteiger partial charge in [0.15, 0.2) is 5.16 Å². The second kappa shape index (κ2) is 6.53. The fraction of sp³-hybridized carbons (Fsp3) is 0.667. The van der Waals surface area contributed by atoms with Crippen LogP contribution in [0.1, 0.15) is 13.8 Å². The second-order valence-electron chi connectivity index (χ2n) is 3.81. The highest BCUT2D eigenvalue weighted by atomic mass is 35.5. The van der Waals surface area contributed by atoms with Crippen LogP contribution in [0.5, 0.6) is 6.01 Å². The number of sulfone groups is 1. The zero-order chi connectivity index (χ0) is 13.8. The Hall–Kier alpha value is -0.600. The number of rotatable bonds is 6. The van der Waals surface area contributed by atoms with Crippen LogP contribution >= 0.6 is 23.4 Å². The molecule has 0 fully saturated rings. The van der Waals surface area contributed by atoms with Gasteiger partial charge in [-0.2, -0.15) is 15.0 Å². The van der Waals surface area contributed by atoms with Crippen LogP contribution in [0.4, 0.5) is 0 Å². The molecule has 1 rings (SSSR count). The minimum Gasteiger partial charge on any atom is -0.461 e. The van der Waals surface area contributed by atoms with Gasteiger partial charge in [0.05, 0.1) is 11.9 Å². The van der Waals surface area contributed by atoms with Crippen molar-refractivity contribution in [2.75, 3.05) is 17.8 Å². The van der Waals surface area contributed by atoms with Crippen LogP contribution in [-0.4, -0.2) is 47.2 Å². The summed E-state index contributed by atoms with van der Waals surface area (Å²) in [4.78, 5) is 11.7. The first-order chi connectivity index (χ1) is 8.26. The lowest BCUT2D eigenvalue weighted by Crippen LogP contribution is -2.10. The number of halogens is 1. The van der Waals surface area contributed by atoms with Crippen molar-refractivity contribution in [2.24, 2.45) is 0 Å². The van der Waals surface area contributed by atoms with Crippen LogP contribution in [0, 0.1) is 0 Å². The lowest BCUT2D eigenvalue weighted by molar-refractivity contribution is 0.219. The number of hydrogen-bond donors (Lipinski definition) is 0. The summed E-state index contributed by atoms with van der Waals surface area (Å²) in [5.41, 5.74) is 0. The molecule has 9 heteroatoms. The molecule has 18 heavy (non-hydrogen) atoms. The molecular weight excluding hydrogens is 298 g/mol. The van der Waals surface area contributed by atoms with Crippen LogP contribution in [-0.2, 0) is 9.84 Å². The minimum absolute atomic E-state index is 0.0301. The predicted molar refractivity (Wildman–Crippen MR) is 71.0 cm³/mol. The fourth-order valence-electron chi connectivity index (χ4n) is 0.927. The molecule has 0 spiro atoms. The van der Waals surface area contributed by atoms with Crippen molar-refractivity contribution in [1.82, 2.24) is 15.0 Å². The van der Waals surface area contributed by atoms with Crippen molar-refractivity contribution in [1.29, 1.82) is 0 Å². The van der Waals surface area contributed by atoms with E-state index in [2.05, 4.69) is 15.0 Å². The van der Waals surface area contributed by atoms with E-state index >= 15 is 0 Å². The topological polar surface area (TPSA) is 82.0 Å². The zero-order valence-electron chi connectivity index (χ0n) is 10.3. The Labute approximate surface area is 115 Å². The quantitative estimate of drug-likeness (QED) is 0.735. The molecule has 0 aliphatic carbocycles. The van der Waals surface area contributed by atoms with Crippen LogP contribution in [0.3, 0.4) is 0 Å². The highest BCUT2D eigenvalue weighted by molar-refractivity contribution is 8.00. The van der Waals surface area contributed by atoms with Crippen LogP contribution < -0.4 is 4.74 Å². The molecular formula is C9H14ClN3O3S2. The maximum absolute atomic E-state index is 11.0. The number of hydrogen-bond acceptors (Lipinski definition) is 7. The highest BCUT2D eigenvalue weighted by Crippen LogP contribution is 2.18. The molecule has 0 amide bonds. The summed E-state index contributed by atoms with van der Waals surface area (Å²) in [7, 11) is -2.99. The Morgan fingerprint density at radius 1 is 1.33 bits per heavy atom. The maximum atomic E-state index is 11.0. The standard InChI is InChI=1S/C9H14ClN3O3S2/c1-6(2)16-8-11-7(10)12-9(13-8)17-4-5-18(3,14)15/h6H,4-5H2,1-3H3. The molecule has 0 aromatic carbocycles. The summed E-state index contributed by atoms with van der Waals surface area (Å²) in [5, 5.41) is 0.386. The number of ether oxygens (including phenoxy) is 1. The monoisotopic (exact) mass is 311 g/mol. The highest BCUT2D eigenvalue weighted by Gasteiger charge is 2.09. The first kappa shape index (κ1) is 15.5. The molecule has 1 heterocycles. The minimum atomic E-state index is -2.99. The van der Waals surface area contributed by atoms with E-state index in [4.69, 9.17) is 16.3 Å². The van der Waals surface area contributed by atoms with Gasteiger partial charge in [0, 0.05) is 12.0 Å². The average Bonchev–Trinajstić information content (AvgIpc) is 2.12. The third kappa shape index (κ3) is 6.36. The number of thioether (sulfide) groups is 1. The maximum Gasteiger partial charge on any atom is 0.321 e. The normalized spacial score (nSPS) is 11.8. The van der Waals surface area contributed by atoms with Crippen molar-refractivity contribution in [3.8, 4) is 6.01 Å². The Morgan fingerprint density at radius 3 is 2.56 bits per heavy atom. The Bertz CT molecular complexity index is 508. The molecule has 0 aliphatic rings. The van der Waals surface area contributed by atoms with Crippen molar-refractivity contribution >= 4 is 33.2 Å². The summed E-state index contributed by atoms with van der Waals surface area (Å²) < 4.78 is 27.3. The third-order valence-electron chi connectivity index (χ3n) is 1.59. The third-order valence-corrected chi connectivity index (χ3v) is 3.82. The lowest BCUT2D eigenvalue weighted by atomic mass is 10.5. The molecule has 0 radical (unpaired) electrons. The van der Waals surface area contributed by atoms with Gasteiger partial charge in [-0.1, -0.05) is 11.8 Å². The molecule has 0 saturated heterocycles. The Morgan fingerprint density at radius 2 is 2.00 bits per heavy atom. The smallest absolute Gasteiger partial charge is 0.321 e. The fourth-order valence-corrected chi connectivity index (χ4v) is 3.15. The number of nitrogens with zero attached hydrogens (tertiary/aromatic N) is 3. The van der Waals surface area contributed by atoms with Gasteiger partial charge in [0.2, 0.25) is 5.28 Å². The average molecular weight is 312 g/mol. The molecule has 0 N–H and O–H groups in total. The molecule has 6 nitrogen and oxygen atoms in total. The summed E-state index contributed by atoms with van der Waals surface area (Å²) in [5.74, 6) is 0.418.